The first-order valence-electron chi connectivity index (χ1n) is 33.4. The van der Waals surface area contributed by atoms with Crippen LogP contribution in [0.5, 0.6) is 0 Å². The van der Waals surface area contributed by atoms with E-state index in [1.54, 1.807) is 0 Å². The number of unbranched alkanes of at least 4 members (excludes halogenated alkanes) is 8. The summed E-state index contributed by atoms with van der Waals surface area (Å²) in [4.78, 5) is 38.0. The quantitative estimate of drug-likeness (QED) is 0.0195. The van der Waals surface area contributed by atoms with E-state index in [2.05, 4.69) is 233 Å². The largest absolute Gasteiger partial charge is 0.756 e. The number of hydrogen-bond acceptors (Lipinski definition) is 8. The van der Waals surface area contributed by atoms with Gasteiger partial charge in [-0.3, -0.25) is 14.2 Å². The SMILES string of the molecule is CC/C=C\C/C=C\C/C=C\C/C=C\C/C=C\C/C=C\C/C=C\C/C=C\C/C=C\C/C=C\CCCCCCC(=O)OC(COC(=O)CCCCCC/C=C\C/C=C\C/C=C\C/C=C\C/C=C\C/C=C\C/C=C\C/C=C\CC)COP(=O)([O-])OCC[N+](C)(C)C. The van der Waals surface area contributed by atoms with Gasteiger partial charge in [0.1, 0.15) is 19.8 Å². The van der Waals surface area contributed by atoms with Gasteiger partial charge in [-0.05, 0) is 154 Å². The number of likely N-dealkylation sites (N-methyl/N-ethyl adjacent to an activating group) is 1. The molecule has 0 aliphatic rings. The van der Waals surface area contributed by atoms with Gasteiger partial charge in [-0.1, -0.05) is 258 Å². The van der Waals surface area contributed by atoms with Crippen LogP contribution in [0.25, 0.3) is 0 Å². The summed E-state index contributed by atoms with van der Waals surface area (Å²) in [6.45, 7) is 3.91. The van der Waals surface area contributed by atoms with Crippen LogP contribution >= 0.6 is 7.82 Å². The molecule has 0 aliphatic carbocycles. The summed E-state index contributed by atoms with van der Waals surface area (Å²) >= 11 is 0. The van der Waals surface area contributed by atoms with Crippen LogP contribution in [0.3, 0.4) is 0 Å². The van der Waals surface area contributed by atoms with Gasteiger partial charge in [-0.2, -0.15) is 0 Å². The fourth-order valence-corrected chi connectivity index (χ4v) is 8.66. The number of carbonyl (C=O) groups excluding carboxylic acids is 2. The van der Waals surface area contributed by atoms with E-state index in [1.165, 1.54) is 0 Å². The third-order valence-corrected chi connectivity index (χ3v) is 14.0. The first-order chi connectivity index (χ1) is 43.0. The minimum absolute atomic E-state index is 0.0545. The molecule has 9 nitrogen and oxygen atoms in total. The van der Waals surface area contributed by atoms with Crippen molar-refractivity contribution in [1.82, 2.24) is 0 Å². The highest BCUT2D eigenvalue weighted by atomic mass is 31.2. The number of carbonyl (C=O) groups is 2. The van der Waals surface area contributed by atoms with Crippen LogP contribution in [0.15, 0.2) is 219 Å². The molecule has 0 amide bonds. The monoisotopic (exact) mass is 1230 g/mol. The van der Waals surface area contributed by atoms with E-state index in [9.17, 15) is 19.0 Å². The van der Waals surface area contributed by atoms with Crippen molar-refractivity contribution < 1.29 is 42.1 Å². The lowest BCUT2D eigenvalue weighted by molar-refractivity contribution is -0.870. The van der Waals surface area contributed by atoms with Gasteiger partial charge in [0.05, 0.1) is 27.7 Å². The number of hydrogen-bond donors (Lipinski definition) is 0. The number of nitrogens with zero attached hydrogens (tertiary/aromatic N) is 1. The highest BCUT2D eigenvalue weighted by Gasteiger charge is 2.22. The van der Waals surface area contributed by atoms with Gasteiger partial charge in [0.15, 0.2) is 6.10 Å². The third kappa shape index (κ3) is 69.4. The minimum Gasteiger partial charge on any atom is -0.756 e. The van der Waals surface area contributed by atoms with Gasteiger partial charge in [-0.15, -0.1) is 0 Å². The maximum atomic E-state index is 12.8. The molecule has 0 saturated heterocycles. The van der Waals surface area contributed by atoms with E-state index in [-0.39, 0.29) is 26.1 Å². The summed E-state index contributed by atoms with van der Waals surface area (Å²) < 4.78 is 34.2. The number of rotatable bonds is 58. The number of ether oxygens (including phenoxy) is 2. The summed E-state index contributed by atoms with van der Waals surface area (Å²) in [5, 5.41) is 0. The van der Waals surface area contributed by atoms with E-state index in [1.807, 2.05) is 21.1 Å². The van der Waals surface area contributed by atoms with E-state index in [4.69, 9.17) is 18.5 Å². The maximum absolute atomic E-state index is 12.8. The van der Waals surface area contributed by atoms with Crippen molar-refractivity contribution in [3.05, 3.63) is 219 Å². The first kappa shape index (κ1) is 82.3. The Hall–Kier alpha value is -5.67. The van der Waals surface area contributed by atoms with Gasteiger partial charge < -0.3 is 27.9 Å². The molecule has 490 valence electrons. The molecule has 0 bridgehead atoms. The van der Waals surface area contributed by atoms with E-state index >= 15 is 0 Å². The molecule has 0 aromatic rings. The molecule has 0 aromatic carbocycles. The Morgan fingerprint density at radius 3 is 0.898 bits per heavy atom. The lowest BCUT2D eigenvalue weighted by Crippen LogP contribution is -2.37. The molecule has 10 heteroatoms. The molecular formula is C78H120NO8P. The molecule has 0 spiro atoms. The van der Waals surface area contributed by atoms with Crippen LogP contribution in [0.4, 0.5) is 0 Å². The van der Waals surface area contributed by atoms with E-state index in [0.29, 0.717) is 23.9 Å². The second kappa shape index (κ2) is 65.8. The summed E-state index contributed by atoms with van der Waals surface area (Å²) in [6, 6.07) is 0. The Bertz CT molecular complexity index is 2280. The van der Waals surface area contributed by atoms with Crippen LogP contribution < -0.4 is 4.89 Å². The van der Waals surface area contributed by atoms with Gasteiger partial charge >= 0.3 is 11.9 Å². The summed E-state index contributed by atoms with van der Waals surface area (Å²) in [7, 11) is 1.09. The standard InChI is InChI=1S/C78H120NO8P/c1-6-8-10-12-14-16-18-20-22-24-26-28-30-32-34-36-37-38-39-40-41-43-45-47-49-51-53-55-57-59-61-63-65-67-69-71-78(81)87-76(75-86-88(82,83)85-73-72-79(3,4)5)74-84-77(80)70-68-66-64-62-60-58-56-54-52-50-48-46-44-42-35-33-31-29-27-25-23-21-19-17-15-13-11-9-7-2/h8-11,14-17,20-23,26-29,32-35,37-38,40-41,44-47,50-53,56-59,76H,6-7,12-13,18-19,24-25,30-31,36,39,42-43,48-49,54-55,60-75H2,1-5H3/b10-8-,11-9-,16-14-,17-15-,22-20-,23-21-,28-26-,29-27-,34-32-,35-33-,38-37-,41-40-,46-44-,47-45-,52-50-,53-51-,58-56-,59-57-. The normalized spacial score (nSPS) is 14.6. The first-order valence-corrected chi connectivity index (χ1v) is 34.9. The fourth-order valence-electron chi connectivity index (χ4n) is 7.93. The highest BCUT2D eigenvalue weighted by Crippen LogP contribution is 2.38. The Morgan fingerprint density at radius 1 is 0.352 bits per heavy atom. The van der Waals surface area contributed by atoms with Crippen molar-refractivity contribution in [3.8, 4) is 0 Å². The molecule has 2 unspecified atom stereocenters. The fraction of sp³-hybridized carbons (Fsp3) is 0.513. The Kier molecular flexibility index (Phi) is 61.5. The van der Waals surface area contributed by atoms with E-state index in [0.717, 1.165) is 167 Å². The zero-order valence-electron chi connectivity index (χ0n) is 55.6. The van der Waals surface area contributed by atoms with Gasteiger partial charge in [0.25, 0.3) is 7.82 Å². The number of phosphoric ester groups is 1. The molecule has 0 aliphatic heterocycles. The predicted octanol–water partition coefficient (Wildman–Crippen LogP) is 21.4. The second-order valence-electron chi connectivity index (χ2n) is 22.4. The van der Waals surface area contributed by atoms with Crippen molar-refractivity contribution in [2.75, 3.05) is 47.5 Å². The lowest BCUT2D eigenvalue weighted by Gasteiger charge is -2.28. The Balaban J connectivity index is 4.30. The molecule has 0 heterocycles. The zero-order valence-corrected chi connectivity index (χ0v) is 56.5. The number of quaternary nitrogens is 1. The second-order valence-corrected chi connectivity index (χ2v) is 23.8. The average molecular weight is 1230 g/mol. The van der Waals surface area contributed by atoms with Crippen molar-refractivity contribution in [2.45, 2.75) is 213 Å². The number of allylic oxidation sites excluding steroid dienone is 36. The Morgan fingerprint density at radius 2 is 0.614 bits per heavy atom. The van der Waals surface area contributed by atoms with Crippen LogP contribution in [0.2, 0.25) is 0 Å². The third-order valence-electron chi connectivity index (χ3n) is 13.0. The molecular weight excluding hydrogens is 1110 g/mol. The number of phosphoric acid groups is 1. The van der Waals surface area contributed by atoms with E-state index < -0.39 is 32.5 Å². The van der Waals surface area contributed by atoms with Crippen LogP contribution in [0.1, 0.15) is 206 Å². The average Bonchev–Trinajstić information content (AvgIpc) is 3.57. The molecule has 0 aromatic heterocycles. The smallest absolute Gasteiger partial charge is 0.306 e. The lowest BCUT2D eigenvalue weighted by atomic mass is 10.1. The summed E-state index contributed by atoms with van der Waals surface area (Å²) in [6.07, 6.45) is 106. The topological polar surface area (TPSA) is 111 Å². The summed E-state index contributed by atoms with van der Waals surface area (Å²) in [5.41, 5.74) is 0. The zero-order chi connectivity index (χ0) is 64.1. The minimum atomic E-state index is -4.67. The molecule has 0 saturated carbocycles. The van der Waals surface area contributed by atoms with Gasteiger partial charge in [0.2, 0.25) is 0 Å². The summed E-state index contributed by atoms with van der Waals surface area (Å²) in [5.74, 6) is -0.913. The van der Waals surface area contributed by atoms with Gasteiger partial charge in [0, 0.05) is 12.8 Å². The number of esters is 2. The predicted molar refractivity (Wildman–Crippen MR) is 378 cm³/mol. The molecule has 0 N–H and O–H groups in total. The molecule has 88 heavy (non-hydrogen) atoms. The molecule has 0 fully saturated rings. The van der Waals surface area contributed by atoms with Crippen molar-refractivity contribution in [2.24, 2.45) is 0 Å². The van der Waals surface area contributed by atoms with Crippen molar-refractivity contribution in [3.63, 3.8) is 0 Å². The van der Waals surface area contributed by atoms with Crippen LogP contribution in [-0.4, -0.2) is 70.0 Å². The molecule has 2 atom stereocenters. The maximum Gasteiger partial charge on any atom is 0.306 e. The van der Waals surface area contributed by atoms with Crippen molar-refractivity contribution in [1.29, 1.82) is 0 Å². The van der Waals surface area contributed by atoms with Crippen LogP contribution in [0, 0.1) is 0 Å². The molecule has 0 radical (unpaired) electrons. The van der Waals surface area contributed by atoms with Gasteiger partial charge in [-0.25, -0.2) is 0 Å². The van der Waals surface area contributed by atoms with Crippen molar-refractivity contribution >= 4 is 19.8 Å². The highest BCUT2D eigenvalue weighted by molar-refractivity contribution is 7.45. The Labute approximate surface area is 538 Å². The molecule has 0 rings (SSSR count). The van der Waals surface area contributed by atoms with Crippen LogP contribution in [-0.2, 0) is 32.7 Å².